The topological polar surface area (TPSA) is 116 Å². The highest BCUT2D eigenvalue weighted by atomic mass is 16.4. The van der Waals surface area contributed by atoms with Crippen molar-refractivity contribution in [1.82, 2.24) is 15.2 Å². The number of carbonyl (C=O) groups is 2. The number of amides is 2. The Labute approximate surface area is 174 Å². The van der Waals surface area contributed by atoms with E-state index in [2.05, 4.69) is 16.4 Å². The van der Waals surface area contributed by atoms with Gasteiger partial charge in [0.15, 0.2) is 5.76 Å². The Bertz CT molecular complexity index is 929. The van der Waals surface area contributed by atoms with Gasteiger partial charge in [0.2, 0.25) is 23.4 Å². The Hall–Kier alpha value is -3.28. The maximum atomic E-state index is 12.9. The van der Waals surface area contributed by atoms with Gasteiger partial charge in [0.25, 0.3) is 5.89 Å². The minimum absolute atomic E-state index is 0.0218. The average Bonchev–Trinajstić information content (AvgIpc) is 3.43. The van der Waals surface area contributed by atoms with Gasteiger partial charge in [-0.05, 0) is 37.8 Å². The van der Waals surface area contributed by atoms with Gasteiger partial charge in [0, 0.05) is 45.1 Å². The number of nitrogens with one attached hydrogen (secondary N) is 1. The summed E-state index contributed by atoms with van der Waals surface area (Å²) in [6, 6.07) is 5.72. The van der Waals surface area contributed by atoms with Crippen LogP contribution in [-0.2, 0) is 9.59 Å². The van der Waals surface area contributed by atoms with Crippen molar-refractivity contribution in [2.75, 3.05) is 31.1 Å². The molecular weight excluding hydrogens is 386 g/mol. The van der Waals surface area contributed by atoms with E-state index in [0.717, 1.165) is 12.8 Å². The van der Waals surface area contributed by atoms with Crippen molar-refractivity contribution in [2.24, 2.45) is 5.92 Å². The van der Waals surface area contributed by atoms with E-state index in [0.29, 0.717) is 50.7 Å². The number of oxazole rings is 1. The molecule has 0 aliphatic carbocycles. The van der Waals surface area contributed by atoms with Gasteiger partial charge in [-0.2, -0.15) is 10.2 Å². The molecule has 2 aliphatic rings. The largest absolute Gasteiger partial charge is 0.459 e. The van der Waals surface area contributed by atoms with Crippen LogP contribution in [0.1, 0.15) is 38.3 Å². The van der Waals surface area contributed by atoms with Gasteiger partial charge in [-0.25, -0.2) is 0 Å². The molecule has 2 fully saturated rings. The number of nitrogens with zero attached hydrogens (tertiary/aromatic N) is 4. The van der Waals surface area contributed by atoms with E-state index in [-0.39, 0.29) is 35.4 Å². The van der Waals surface area contributed by atoms with Crippen LogP contribution >= 0.6 is 0 Å². The third kappa shape index (κ3) is 4.17. The molecule has 0 bridgehead atoms. The lowest BCUT2D eigenvalue weighted by atomic mass is 9.93. The second-order valence-corrected chi connectivity index (χ2v) is 7.82. The molecule has 0 saturated carbocycles. The molecule has 2 saturated heterocycles. The SMILES string of the molecule is CC(=O)NC1CCN(C(=O)C2CCN(c3oc(-c4ccco4)nc3C#N)CC2)CC1. The van der Waals surface area contributed by atoms with Gasteiger partial charge in [-0.1, -0.05) is 0 Å². The first-order chi connectivity index (χ1) is 14.5. The van der Waals surface area contributed by atoms with Crippen molar-refractivity contribution < 1.29 is 18.4 Å². The number of rotatable bonds is 4. The van der Waals surface area contributed by atoms with E-state index in [4.69, 9.17) is 8.83 Å². The first-order valence-electron chi connectivity index (χ1n) is 10.3. The molecule has 2 aromatic rings. The Kier molecular flexibility index (Phi) is 5.74. The lowest BCUT2D eigenvalue weighted by molar-refractivity contribution is -0.137. The van der Waals surface area contributed by atoms with Crippen molar-refractivity contribution in [1.29, 1.82) is 5.26 Å². The zero-order valence-corrected chi connectivity index (χ0v) is 17.0. The number of anilines is 1. The summed E-state index contributed by atoms with van der Waals surface area (Å²) < 4.78 is 11.1. The van der Waals surface area contributed by atoms with Crippen LogP contribution in [-0.4, -0.2) is 53.9 Å². The minimum atomic E-state index is -0.0310. The predicted molar refractivity (Wildman–Crippen MR) is 107 cm³/mol. The molecule has 0 spiro atoms. The number of hydrogen-bond acceptors (Lipinski definition) is 7. The summed E-state index contributed by atoms with van der Waals surface area (Å²) in [5.41, 5.74) is 0.228. The Balaban J connectivity index is 1.34. The molecule has 9 nitrogen and oxygen atoms in total. The van der Waals surface area contributed by atoms with Crippen LogP contribution in [0.5, 0.6) is 0 Å². The van der Waals surface area contributed by atoms with Crippen molar-refractivity contribution in [3.63, 3.8) is 0 Å². The highest BCUT2D eigenvalue weighted by Crippen LogP contribution is 2.32. The fraction of sp³-hybridized carbons (Fsp3) is 0.524. The molecule has 2 aromatic heterocycles. The molecule has 4 heterocycles. The monoisotopic (exact) mass is 411 g/mol. The van der Waals surface area contributed by atoms with Crippen molar-refractivity contribution in [2.45, 2.75) is 38.6 Å². The first kappa shape index (κ1) is 20.0. The Morgan fingerprint density at radius 1 is 1.20 bits per heavy atom. The first-order valence-corrected chi connectivity index (χ1v) is 10.3. The molecule has 0 unspecified atom stereocenters. The predicted octanol–water partition coefficient (Wildman–Crippen LogP) is 2.15. The minimum Gasteiger partial charge on any atom is -0.459 e. The number of hydrogen-bond donors (Lipinski definition) is 1. The summed E-state index contributed by atoms with van der Waals surface area (Å²) in [4.78, 5) is 32.3. The molecule has 0 aromatic carbocycles. The summed E-state index contributed by atoms with van der Waals surface area (Å²) in [5, 5.41) is 12.4. The summed E-state index contributed by atoms with van der Waals surface area (Å²) in [6.45, 7) is 4.13. The van der Waals surface area contributed by atoms with E-state index in [9.17, 15) is 14.9 Å². The van der Waals surface area contributed by atoms with Crippen molar-refractivity contribution >= 4 is 17.7 Å². The van der Waals surface area contributed by atoms with Crippen LogP contribution in [0, 0.1) is 17.2 Å². The normalized spacial score (nSPS) is 18.3. The van der Waals surface area contributed by atoms with Crippen LogP contribution < -0.4 is 10.2 Å². The molecule has 0 atom stereocenters. The van der Waals surface area contributed by atoms with Crippen molar-refractivity contribution in [3.8, 4) is 17.7 Å². The summed E-state index contributed by atoms with van der Waals surface area (Å²) in [5.74, 6) is 1.33. The van der Waals surface area contributed by atoms with Gasteiger partial charge in [-0.3, -0.25) is 9.59 Å². The quantitative estimate of drug-likeness (QED) is 0.819. The van der Waals surface area contributed by atoms with E-state index < -0.39 is 0 Å². The number of carbonyl (C=O) groups excluding carboxylic acids is 2. The highest BCUT2D eigenvalue weighted by molar-refractivity contribution is 5.79. The Morgan fingerprint density at radius 2 is 1.93 bits per heavy atom. The zero-order chi connectivity index (χ0) is 21.1. The lowest BCUT2D eigenvalue weighted by Gasteiger charge is -2.37. The molecule has 30 heavy (non-hydrogen) atoms. The number of likely N-dealkylation sites (tertiary alicyclic amines) is 1. The van der Waals surface area contributed by atoms with Gasteiger partial charge in [-0.15, -0.1) is 0 Å². The van der Waals surface area contributed by atoms with Crippen LogP contribution in [0.15, 0.2) is 27.2 Å². The molecule has 9 heteroatoms. The van der Waals surface area contributed by atoms with Gasteiger partial charge in [0.1, 0.15) is 6.07 Å². The second-order valence-electron chi connectivity index (χ2n) is 7.82. The number of piperidine rings is 2. The third-order valence-electron chi connectivity index (χ3n) is 5.79. The molecular formula is C21H25N5O4. The lowest BCUT2D eigenvalue weighted by Crippen LogP contribution is -2.49. The number of nitriles is 1. The van der Waals surface area contributed by atoms with Gasteiger partial charge in [0.05, 0.1) is 6.26 Å². The number of aromatic nitrogens is 1. The van der Waals surface area contributed by atoms with Crippen LogP contribution in [0.2, 0.25) is 0 Å². The summed E-state index contributed by atoms with van der Waals surface area (Å²) >= 11 is 0. The fourth-order valence-electron chi connectivity index (χ4n) is 4.22. The van der Waals surface area contributed by atoms with Crippen molar-refractivity contribution in [3.05, 3.63) is 24.1 Å². The maximum Gasteiger partial charge on any atom is 0.266 e. The molecule has 4 rings (SSSR count). The molecule has 1 N–H and O–H groups in total. The standard InChI is InChI=1S/C21H25N5O4/c1-14(27)23-16-6-10-25(11-7-16)20(28)15-4-8-26(9-5-15)21-17(13-22)24-19(30-21)18-3-2-12-29-18/h2-3,12,15-16H,4-11H2,1H3,(H,23,27). The average molecular weight is 411 g/mol. The molecule has 158 valence electrons. The zero-order valence-electron chi connectivity index (χ0n) is 17.0. The number of furan rings is 1. The van der Waals surface area contributed by atoms with Crippen LogP contribution in [0.4, 0.5) is 5.88 Å². The van der Waals surface area contributed by atoms with E-state index in [1.54, 1.807) is 12.1 Å². The maximum absolute atomic E-state index is 12.9. The third-order valence-corrected chi connectivity index (χ3v) is 5.79. The molecule has 0 radical (unpaired) electrons. The highest BCUT2D eigenvalue weighted by Gasteiger charge is 2.33. The van der Waals surface area contributed by atoms with Gasteiger partial charge < -0.3 is 24.0 Å². The second kappa shape index (κ2) is 8.61. The van der Waals surface area contributed by atoms with Crippen LogP contribution in [0.25, 0.3) is 11.7 Å². The summed E-state index contributed by atoms with van der Waals surface area (Å²) in [7, 11) is 0. The fourth-order valence-corrected chi connectivity index (χ4v) is 4.22. The van der Waals surface area contributed by atoms with E-state index in [1.165, 1.54) is 13.2 Å². The van der Waals surface area contributed by atoms with Crippen LogP contribution in [0.3, 0.4) is 0 Å². The van der Waals surface area contributed by atoms with E-state index >= 15 is 0 Å². The Morgan fingerprint density at radius 3 is 2.53 bits per heavy atom. The molecule has 2 amide bonds. The molecule has 2 aliphatic heterocycles. The smallest absolute Gasteiger partial charge is 0.266 e. The summed E-state index contributed by atoms with van der Waals surface area (Å²) in [6.07, 6.45) is 4.52. The van der Waals surface area contributed by atoms with Gasteiger partial charge >= 0.3 is 0 Å². The van der Waals surface area contributed by atoms with E-state index in [1.807, 2.05) is 9.80 Å².